The third kappa shape index (κ3) is 1.52. The van der Waals surface area contributed by atoms with Gasteiger partial charge in [-0.1, -0.05) is 0 Å². The van der Waals surface area contributed by atoms with Gasteiger partial charge >= 0.3 is 6.03 Å². The Morgan fingerprint density at radius 2 is 2.38 bits per heavy atom. The summed E-state index contributed by atoms with van der Waals surface area (Å²) in [5, 5.41) is 2.79. The maximum Gasteiger partial charge on any atom is 0.354 e. The summed E-state index contributed by atoms with van der Waals surface area (Å²) in [5.41, 5.74) is 1.71. The van der Waals surface area contributed by atoms with Crippen LogP contribution in [0.3, 0.4) is 0 Å². The monoisotopic (exact) mass is 118 g/mol. The van der Waals surface area contributed by atoms with E-state index in [9.17, 15) is 9.70 Å². The van der Waals surface area contributed by atoms with E-state index in [2.05, 4.69) is 11.1 Å². The molecule has 0 atom stereocenters. The van der Waals surface area contributed by atoms with Crippen molar-refractivity contribution < 1.29 is 4.79 Å². The summed E-state index contributed by atoms with van der Waals surface area (Å²) in [5.74, 6) is 4.61. The van der Waals surface area contributed by atoms with E-state index in [1.54, 1.807) is 5.43 Å². The number of hydrogen-bond acceptors (Lipinski definition) is 4. The van der Waals surface area contributed by atoms with Gasteiger partial charge in [-0.2, -0.15) is 5.01 Å². The van der Waals surface area contributed by atoms with Crippen molar-refractivity contribution in [2.75, 3.05) is 7.05 Å². The highest BCUT2D eigenvalue weighted by molar-refractivity contribution is 5.72. The number of nitrogens with two attached hydrogens (primary N) is 1. The summed E-state index contributed by atoms with van der Waals surface area (Å²) in [6, 6.07) is -0.736. The van der Waals surface area contributed by atoms with Crippen LogP contribution in [0.1, 0.15) is 0 Å². The number of nitroso groups, excluding NO2 is 1. The highest BCUT2D eigenvalue weighted by atomic mass is 16.3. The van der Waals surface area contributed by atoms with E-state index in [-0.39, 0.29) is 0 Å². The van der Waals surface area contributed by atoms with Crippen molar-refractivity contribution >= 4 is 6.03 Å². The van der Waals surface area contributed by atoms with Crippen LogP contribution in [0.15, 0.2) is 5.29 Å². The van der Waals surface area contributed by atoms with Crippen LogP contribution in [0, 0.1) is 4.91 Å². The molecular weight excluding hydrogens is 112 g/mol. The van der Waals surface area contributed by atoms with Crippen LogP contribution in [0.5, 0.6) is 0 Å². The molecule has 6 nitrogen and oxygen atoms in total. The third-order valence-electron chi connectivity index (χ3n) is 0.540. The predicted molar refractivity (Wildman–Crippen MR) is 26.3 cm³/mol. The minimum Gasteiger partial charge on any atom is -0.274 e. The molecule has 0 aromatic rings. The van der Waals surface area contributed by atoms with Gasteiger partial charge in [-0.05, 0) is 0 Å². The van der Waals surface area contributed by atoms with E-state index in [1.807, 2.05) is 0 Å². The maximum atomic E-state index is 10.1. The van der Waals surface area contributed by atoms with Gasteiger partial charge in [-0.3, -0.25) is 5.43 Å². The average molecular weight is 118 g/mol. The fourth-order valence-corrected chi connectivity index (χ4v) is 0.130. The van der Waals surface area contributed by atoms with Crippen molar-refractivity contribution in [2.45, 2.75) is 0 Å². The zero-order valence-electron chi connectivity index (χ0n) is 4.29. The third-order valence-corrected chi connectivity index (χ3v) is 0.540. The standard InChI is InChI=1S/C2H6N4O2/c1-6(5-8)2(7)4-3/h3H2,1H3,(H,4,7). The van der Waals surface area contributed by atoms with E-state index in [0.29, 0.717) is 5.01 Å². The number of rotatable bonds is 1. The molecule has 0 unspecified atom stereocenters. The number of hydrazine groups is 1. The minimum atomic E-state index is -0.736. The molecule has 0 aliphatic carbocycles. The summed E-state index contributed by atoms with van der Waals surface area (Å²) in [6.07, 6.45) is 0. The van der Waals surface area contributed by atoms with Gasteiger partial charge in [0.1, 0.15) is 0 Å². The summed E-state index contributed by atoms with van der Waals surface area (Å²) in [7, 11) is 1.19. The van der Waals surface area contributed by atoms with Gasteiger partial charge in [0.25, 0.3) is 0 Å². The Kier molecular flexibility index (Phi) is 2.49. The molecule has 0 fully saturated rings. The molecule has 8 heavy (non-hydrogen) atoms. The van der Waals surface area contributed by atoms with Crippen molar-refractivity contribution in [1.82, 2.24) is 10.4 Å². The Labute approximate surface area is 45.6 Å². The van der Waals surface area contributed by atoms with E-state index in [4.69, 9.17) is 0 Å². The number of amides is 2. The topological polar surface area (TPSA) is 87.8 Å². The summed E-state index contributed by atoms with van der Waals surface area (Å²) < 4.78 is 0. The molecular formula is C2H6N4O2. The van der Waals surface area contributed by atoms with Gasteiger partial charge in [-0.25, -0.2) is 10.6 Å². The molecule has 3 N–H and O–H groups in total. The zero-order chi connectivity index (χ0) is 6.57. The van der Waals surface area contributed by atoms with Crippen molar-refractivity contribution in [3.63, 3.8) is 0 Å². The number of nitrogens with zero attached hydrogens (tertiary/aromatic N) is 2. The van der Waals surface area contributed by atoms with Crippen molar-refractivity contribution in [1.29, 1.82) is 0 Å². The normalized spacial score (nSPS) is 7.75. The van der Waals surface area contributed by atoms with Crippen LogP contribution in [0.25, 0.3) is 0 Å². The molecule has 0 radical (unpaired) electrons. The second kappa shape index (κ2) is 2.92. The van der Waals surface area contributed by atoms with Gasteiger partial charge in [0.2, 0.25) is 0 Å². The lowest BCUT2D eigenvalue weighted by atomic mass is 11.0. The molecule has 0 saturated carbocycles. The van der Waals surface area contributed by atoms with Gasteiger partial charge < -0.3 is 0 Å². The number of carbonyl (C=O) groups is 1. The maximum absolute atomic E-state index is 10.1. The molecule has 0 aliphatic rings. The van der Waals surface area contributed by atoms with Crippen LogP contribution in [0.4, 0.5) is 4.79 Å². The minimum absolute atomic E-state index is 0.542. The lowest BCUT2D eigenvalue weighted by molar-refractivity contribution is 0.210. The van der Waals surface area contributed by atoms with Crippen molar-refractivity contribution in [2.24, 2.45) is 11.1 Å². The fraction of sp³-hybridized carbons (Fsp3) is 0.500. The number of nitrogens with one attached hydrogen (secondary N) is 1. The first-order valence-corrected chi connectivity index (χ1v) is 1.80. The smallest absolute Gasteiger partial charge is 0.274 e. The van der Waals surface area contributed by atoms with Crippen molar-refractivity contribution in [3.8, 4) is 0 Å². The molecule has 2 amide bonds. The Morgan fingerprint density at radius 3 is 2.50 bits per heavy atom. The summed E-state index contributed by atoms with van der Waals surface area (Å²) in [6.45, 7) is 0. The Morgan fingerprint density at radius 1 is 1.88 bits per heavy atom. The highest BCUT2D eigenvalue weighted by Gasteiger charge is 2.02. The molecule has 0 aromatic heterocycles. The quantitative estimate of drug-likeness (QED) is 0.204. The second-order valence-electron chi connectivity index (χ2n) is 1.05. The van der Waals surface area contributed by atoms with Crippen LogP contribution < -0.4 is 11.3 Å². The van der Waals surface area contributed by atoms with E-state index >= 15 is 0 Å². The van der Waals surface area contributed by atoms with Crippen LogP contribution >= 0.6 is 0 Å². The SMILES string of the molecule is CN(N=O)C(=O)NN. The predicted octanol–water partition coefficient (Wildman–Crippen LogP) is -0.817. The van der Waals surface area contributed by atoms with Crippen LogP contribution in [-0.4, -0.2) is 18.1 Å². The molecule has 0 saturated heterocycles. The first-order chi connectivity index (χ1) is 3.72. The number of urea groups is 1. The van der Waals surface area contributed by atoms with Crippen molar-refractivity contribution in [3.05, 3.63) is 4.91 Å². The molecule has 0 heterocycles. The van der Waals surface area contributed by atoms with Gasteiger partial charge in [-0.15, -0.1) is 4.91 Å². The summed E-state index contributed by atoms with van der Waals surface area (Å²) in [4.78, 5) is 19.6. The molecule has 0 aromatic carbocycles. The Balaban J connectivity index is 3.62. The molecule has 0 rings (SSSR count). The number of carbonyl (C=O) groups excluding carboxylic acids is 1. The molecule has 0 bridgehead atoms. The largest absolute Gasteiger partial charge is 0.354 e. The first-order valence-electron chi connectivity index (χ1n) is 1.80. The van der Waals surface area contributed by atoms with Gasteiger partial charge in [0.15, 0.2) is 0 Å². The van der Waals surface area contributed by atoms with E-state index in [1.165, 1.54) is 7.05 Å². The van der Waals surface area contributed by atoms with Gasteiger partial charge in [0.05, 0.1) is 5.29 Å². The lowest BCUT2D eigenvalue weighted by Crippen LogP contribution is -2.38. The zero-order valence-corrected chi connectivity index (χ0v) is 4.29. The Hall–Kier alpha value is -1.17. The highest BCUT2D eigenvalue weighted by Crippen LogP contribution is 1.78. The molecule has 46 valence electrons. The fourth-order valence-electron chi connectivity index (χ4n) is 0.130. The summed E-state index contributed by atoms with van der Waals surface area (Å²) >= 11 is 0. The first kappa shape index (κ1) is 6.83. The average Bonchev–Trinajstić information content (AvgIpc) is 1.84. The second-order valence-corrected chi connectivity index (χ2v) is 1.05. The van der Waals surface area contributed by atoms with E-state index < -0.39 is 6.03 Å². The van der Waals surface area contributed by atoms with Crippen LogP contribution in [0.2, 0.25) is 0 Å². The number of hydrogen-bond donors (Lipinski definition) is 2. The lowest BCUT2D eigenvalue weighted by Gasteiger charge is -2.02. The molecule has 6 heteroatoms. The van der Waals surface area contributed by atoms with Crippen LogP contribution in [-0.2, 0) is 0 Å². The van der Waals surface area contributed by atoms with E-state index in [0.717, 1.165) is 0 Å². The molecule has 0 spiro atoms. The molecule has 0 aliphatic heterocycles. The van der Waals surface area contributed by atoms with Gasteiger partial charge in [0, 0.05) is 7.05 Å². The Bertz CT molecular complexity index is 102.